The minimum atomic E-state index is 0.0570. The van der Waals surface area contributed by atoms with Crippen LogP contribution in [0.15, 0.2) is 22.5 Å². The Kier molecular flexibility index (Phi) is 7.72. The first-order chi connectivity index (χ1) is 9.61. The molecule has 3 N–H and O–H groups in total. The number of hydrogen-bond donors (Lipinski definition) is 3. The van der Waals surface area contributed by atoms with Crippen LogP contribution in [0.4, 0.5) is 0 Å². The normalized spacial score (nSPS) is 11.5. The summed E-state index contributed by atoms with van der Waals surface area (Å²) >= 11 is 1.69. The van der Waals surface area contributed by atoms with E-state index in [1.807, 2.05) is 32.2 Å². The third kappa shape index (κ3) is 7.13. The molecule has 0 bridgehead atoms. The third-order valence-electron chi connectivity index (χ3n) is 2.41. The molecule has 20 heavy (non-hydrogen) atoms. The maximum atomic E-state index is 11.5. The average molecular weight is 296 g/mol. The van der Waals surface area contributed by atoms with Gasteiger partial charge in [0.1, 0.15) is 0 Å². The molecule has 1 rings (SSSR count). The Labute approximate surface area is 124 Å². The van der Waals surface area contributed by atoms with Crippen molar-refractivity contribution in [3.63, 3.8) is 0 Å². The van der Waals surface area contributed by atoms with E-state index in [1.165, 1.54) is 4.88 Å². The molecule has 0 unspecified atom stereocenters. The van der Waals surface area contributed by atoms with E-state index in [9.17, 15) is 4.79 Å². The van der Waals surface area contributed by atoms with Gasteiger partial charge >= 0.3 is 0 Å². The average Bonchev–Trinajstić information content (AvgIpc) is 2.88. The van der Waals surface area contributed by atoms with E-state index < -0.39 is 0 Å². The molecule has 0 radical (unpaired) electrons. The molecule has 0 saturated heterocycles. The highest BCUT2D eigenvalue weighted by Crippen LogP contribution is 2.09. The van der Waals surface area contributed by atoms with Crippen LogP contribution < -0.4 is 16.0 Å². The molecule has 5 nitrogen and oxygen atoms in total. The van der Waals surface area contributed by atoms with Crippen molar-refractivity contribution in [1.82, 2.24) is 16.0 Å². The first kappa shape index (κ1) is 16.5. The molecule has 1 heterocycles. The van der Waals surface area contributed by atoms with Crippen molar-refractivity contribution in [3.05, 3.63) is 22.4 Å². The van der Waals surface area contributed by atoms with Crippen LogP contribution >= 0.6 is 11.3 Å². The number of carbonyl (C=O) groups excluding carboxylic acids is 1. The number of guanidine groups is 1. The lowest BCUT2D eigenvalue weighted by Gasteiger charge is -2.12. The molecule has 0 fully saturated rings. The smallest absolute Gasteiger partial charge is 0.221 e. The van der Waals surface area contributed by atoms with E-state index >= 15 is 0 Å². The predicted octanol–water partition coefficient (Wildman–Crippen LogP) is 1.72. The van der Waals surface area contributed by atoms with Gasteiger partial charge < -0.3 is 16.0 Å². The molecule has 1 amide bonds. The zero-order valence-corrected chi connectivity index (χ0v) is 13.2. The summed E-state index contributed by atoms with van der Waals surface area (Å²) in [6.07, 6.45) is 0.446. The van der Waals surface area contributed by atoms with Crippen LogP contribution in [-0.4, -0.2) is 31.0 Å². The van der Waals surface area contributed by atoms with E-state index in [0.717, 1.165) is 12.5 Å². The standard InChI is InChI=1S/C14H24N4OS/c1-4-15-14(17-10-12-6-5-9-20-12)16-8-7-13(19)18-11(2)3/h5-6,9,11H,4,7-8,10H2,1-3H3,(H,18,19)(H2,15,16,17). The molecular formula is C14H24N4OS. The second kappa shape index (κ2) is 9.36. The number of nitrogens with zero attached hydrogens (tertiary/aromatic N) is 1. The third-order valence-corrected chi connectivity index (χ3v) is 3.27. The number of aliphatic imine (C=N–C) groups is 1. The van der Waals surface area contributed by atoms with Gasteiger partial charge in [0.2, 0.25) is 5.91 Å². The lowest BCUT2D eigenvalue weighted by atomic mass is 10.3. The van der Waals surface area contributed by atoms with Crippen molar-refractivity contribution in [3.8, 4) is 0 Å². The van der Waals surface area contributed by atoms with Gasteiger partial charge in [-0.3, -0.25) is 4.79 Å². The predicted molar refractivity (Wildman–Crippen MR) is 85.0 cm³/mol. The summed E-state index contributed by atoms with van der Waals surface area (Å²) < 4.78 is 0. The maximum absolute atomic E-state index is 11.5. The maximum Gasteiger partial charge on any atom is 0.221 e. The minimum Gasteiger partial charge on any atom is -0.357 e. The molecule has 0 aromatic carbocycles. The summed E-state index contributed by atoms with van der Waals surface area (Å²) in [5.41, 5.74) is 0. The van der Waals surface area contributed by atoms with Crippen molar-refractivity contribution < 1.29 is 4.79 Å². The molecule has 0 aliphatic rings. The Balaban J connectivity index is 2.35. The summed E-state index contributed by atoms with van der Waals surface area (Å²) in [5.74, 6) is 0.805. The Morgan fingerprint density at radius 2 is 2.20 bits per heavy atom. The van der Waals surface area contributed by atoms with Crippen LogP contribution in [0.3, 0.4) is 0 Å². The summed E-state index contributed by atoms with van der Waals surface area (Å²) in [6, 6.07) is 4.27. The van der Waals surface area contributed by atoms with E-state index in [4.69, 9.17) is 0 Å². The van der Waals surface area contributed by atoms with Crippen molar-refractivity contribution >= 4 is 23.2 Å². The highest BCUT2D eigenvalue weighted by molar-refractivity contribution is 7.09. The fourth-order valence-corrected chi connectivity index (χ4v) is 2.22. The molecule has 0 spiro atoms. The Hall–Kier alpha value is -1.56. The highest BCUT2D eigenvalue weighted by atomic mass is 32.1. The van der Waals surface area contributed by atoms with Gasteiger partial charge in [-0.15, -0.1) is 11.3 Å². The quantitative estimate of drug-likeness (QED) is 0.530. The first-order valence-corrected chi connectivity index (χ1v) is 7.83. The van der Waals surface area contributed by atoms with Gasteiger partial charge in [0.25, 0.3) is 0 Å². The lowest BCUT2D eigenvalue weighted by Crippen LogP contribution is -2.40. The fraction of sp³-hybridized carbons (Fsp3) is 0.571. The number of carbonyl (C=O) groups is 1. The molecule has 0 atom stereocenters. The Bertz CT molecular complexity index is 415. The minimum absolute atomic E-state index is 0.0570. The molecule has 112 valence electrons. The van der Waals surface area contributed by atoms with Gasteiger partial charge in [-0.1, -0.05) is 6.07 Å². The van der Waals surface area contributed by atoms with Gasteiger partial charge in [-0.25, -0.2) is 4.99 Å². The van der Waals surface area contributed by atoms with E-state index in [0.29, 0.717) is 19.5 Å². The van der Waals surface area contributed by atoms with Crippen molar-refractivity contribution in [2.45, 2.75) is 39.8 Å². The van der Waals surface area contributed by atoms with Crippen molar-refractivity contribution in [2.24, 2.45) is 4.99 Å². The zero-order chi connectivity index (χ0) is 14.8. The second-order valence-electron chi connectivity index (χ2n) is 4.67. The monoisotopic (exact) mass is 296 g/mol. The molecule has 6 heteroatoms. The Morgan fingerprint density at radius 1 is 1.40 bits per heavy atom. The highest BCUT2D eigenvalue weighted by Gasteiger charge is 2.04. The van der Waals surface area contributed by atoms with E-state index in [-0.39, 0.29) is 11.9 Å². The van der Waals surface area contributed by atoms with E-state index in [1.54, 1.807) is 11.3 Å². The summed E-state index contributed by atoms with van der Waals surface area (Å²) in [5, 5.41) is 11.2. The molecular weight excluding hydrogens is 272 g/mol. The van der Waals surface area contributed by atoms with Crippen LogP contribution in [0, 0.1) is 0 Å². The summed E-state index contributed by atoms with van der Waals surface area (Å²) in [7, 11) is 0. The van der Waals surface area contributed by atoms with Gasteiger partial charge in [0.15, 0.2) is 5.96 Å². The Morgan fingerprint density at radius 3 is 2.80 bits per heavy atom. The van der Waals surface area contributed by atoms with Crippen LogP contribution in [0.2, 0.25) is 0 Å². The van der Waals surface area contributed by atoms with Crippen molar-refractivity contribution in [1.29, 1.82) is 0 Å². The molecule has 1 aromatic rings. The van der Waals surface area contributed by atoms with Gasteiger partial charge in [0, 0.05) is 30.4 Å². The van der Waals surface area contributed by atoms with Gasteiger partial charge in [0.05, 0.1) is 6.54 Å². The fourth-order valence-electron chi connectivity index (χ4n) is 1.59. The van der Waals surface area contributed by atoms with Gasteiger partial charge in [-0.05, 0) is 32.2 Å². The molecule has 1 aromatic heterocycles. The van der Waals surface area contributed by atoms with Gasteiger partial charge in [-0.2, -0.15) is 0 Å². The van der Waals surface area contributed by atoms with E-state index in [2.05, 4.69) is 27.0 Å². The molecule has 0 aliphatic carbocycles. The number of thiophene rings is 1. The topological polar surface area (TPSA) is 65.5 Å². The van der Waals surface area contributed by atoms with Crippen LogP contribution in [-0.2, 0) is 11.3 Å². The number of nitrogens with one attached hydrogen (secondary N) is 3. The summed E-state index contributed by atoms with van der Waals surface area (Å²) in [6.45, 7) is 7.97. The molecule has 0 aliphatic heterocycles. The number of amides is 1. The van der Waals surface area contributed by atoms with Crippen LogP contribution in [0.1, 0.15) is 32.1 Å². The first-order valence-electron chi connectivity index (χ1n) is 6.95. The number of rotatable bonds is 7. The molecule has 0 saturated carbocycles. The lowest BCUT2D eigenvalue weighted by molar-refractivity contribution is -0.121. The largest absolute Gasteiger partial charge is 0.357 e. The van der Waals surface area contributed by atoms with Crippen molar-refractivity contribution in [2.75, 3.05) is 13.1 Å². The number of hydrogen-bond acceptors (Lipinski definition) is 3. The zero-order valence-electron chi connectivity index (χ0n) is 12.4. The van der Waals surface area contributed by atoms with Crippen LogP contribution in [0.5, 0.6) is 0 Å². The SMILES string of the molecule is CCNC(=NCc1cccs1)NCCC(=O)NC(C)C. The second-order valence-corrected chi connectivity index (χ2v) is 5.71. The van der Waals surface area contributed by atoms with Crippen LogP contribution in [0.25, 0.3) is 0 Å². The summed E-state index contributed by atoms with van der Waals surface area (Å²) in [4.78, 5) is 17.2.